The number of hydrogen-bond donors (Lipinski definition) is 1. The molecule has 1 aliphatic heterocycles. The van der Waals surface area contributed by atoms with Gasteiger partial charge in [-0.15, -0.1) is 0 Å². The van der Waals surface area contributed by atoms with Gasteiger partial charge in [0.25, 0.3) is 15.9 Å². The average Bonchev–Trinajstić information content (AvgIpc) is 3.23. The smallest absolute Gasteiger partial charge is 0.264 e. The molecule has 0 atom stereocenters. The highest BCUT2D eigenvalue weighted by molar-refractivity contribution is 7.92. The number of methoxy groups -OCH3 is 1. The summed E-state index contributed by atoms with van der Waals surface area (Å²) < 4.78 is 32.8. The molecule has 3 aromatic rings. The number of anilines is 1. The molecule has 0 radical (unpaired) electrons. The highest BCUT2D eigenvalue weighted by Crippen LogP contribution is 2.35. The Hall–Kier alpha value is -3.39. The van der Waals surface area contributed by atoms with E-state index in [-0.39, 0.29) is 10.8 Å². The Bertz CT molecular complexity index is 1160. The Morgan fingerprint density at radius 2 is 1.83 bits per heavy atom. The van der Waals surface area contributed by atoms with Crippen LogP contribution in [0, 0.1) is 0 Å². The van der Waals surface area contributed by atoms with Gasteiger partial charge in [0.05, 0.1) is 17.7 Å². The van der Waals surface area contributed by atoms with Gasteiger partial charge < -0.3 is 10.1 Å². The van der Waals surface area contributed by atoms with Crippen molar-refractivity contribution in [1.29, 1.82) is 0 Å². The normalized spacial score (nSPS) is 13.0. The van der Waals surface area contributed by atoms with E-state index in [0.717, 1.165) is 11.1 Å². The number of pyridine rings is 1. The number of nitrogens with zero attached hydrogens (tertiary/aromatic N) is 2. The molecule has 2 aromatic carbocycles. The highest BCUT2D eigenvalue weighted by atomic mass is 32.2. The highest BCUT2D eigenvalue weighted by Gasteiger charge is 2.33. The van der Waals surface area contributed by atoms with Gasteiger partial charge in [0.1, 0.15) is 5.75 Å². The van der Waals surface area contributed by atoms with Crippen LogP contribution in [0.1, 0.15) is 21.5 Å². The summed E-state index contributed by atoms with van der Waals surface area (Å²) in [5.41, 5.74) is 2.72. The molecular formula is C22H21N3O4S. The van der Waals surface area contributed by atoms with E-state index in [1.54, 1.807) is 42.7 Å². The quantitative estimate of drug-likeness (QED) is 0.659. The van der Waals surface area contributed by atoms with Gasteiger partial charge in [-0.2, -0.15) is 0 Å². The fourth-order valence-corrected chi connectivity index (χ4v) is 5.02. The minimum atomic E-state index is -3.74. The molecular weight excluding hydrogens is 402 g/mol. The van der Waals surface area contributed by atoms with Gasteiger partial charge in [-0.25, -0.2) is 8.42 Å². The molecule has 2 heterocycles. The number of hydrogen-bond acceptors (Lipinski definition) is 5. The summed E-state index contributed by atoms with van der Waals surface area (Å²) in [6, 6.07) is 15.1. The maximum absolute atomic E-state index is 13.2. The molecule has 4 rings (SSSR count). The fraction of sp³-hybridized carbons (Fsp3) is 0.182. The molecule has 0 aliphatic carbocycles. The zero-order chi connectivity index (χ0) is 21.1. The molecule has 1 aliphatic rings. The van der Waals surface area contributed by atoms with Crippen LogP contribution in [0.2, 0.25) is 0 Å². The molecule has 30 heavy (non-hydrogen) atoms. The van der Waals surface area contributed by atoms with E-state index in [2.05, 4.69) is 10.3 Å². The monoisotopic (exact) mass is 423 g/mol. The van der Waals surface area contributed by atoms with Crippen molar-refractivity contribution in [2.24, 2.45) is 0 Å². The van der Waals surface area contributed by atoms with E-state index in [0.29, 0.717) is 36.5 Å². The van der Waals surface area contributed by atoms with Crippen LogP contribution in [0.5, 0.6) is 5.75 Å². The molecule has 1 aromatic heterocycles. The van der Waals surface area contributed by atoms with Gasteiger partial charge in [0.2, 0.25) is 0 Å². The van der Waals surface area contributed by atoms with Gasteiger partial charge in [-0.1, -0.05) is 6.07 Å². The number of aromatic nitrogens is 1. The molecule has 0 unspecified atom stereocenters. The Morgan fingerprint density at radius 1 is 1.10 bits per heavy atom. The molecule has 8 heteroatoms. The second-order valence-corrected chi connectivity index (χ2v) is 8.71. The third-order valence-corrected chi connectivity index (χ3v) is 6.91. The Kier molecular flexibility index (Phi) is 5.41. The number of rotatable bonds is 6. The van der Waals surface area contributed by atoms with E-state index in [9.17, 15) is 13.2 Å². The van der Waals surface area contributed by atoms with Crippen LogP contribution in [0.4, 0.5) is 5.69 Å². The summed E-state index contributed by atoms with van der Waals surface area (Å²) in [5.74, 6) is 0.358. The third-order valence-electron chi connectivity index (χ3n) is 5.08. The van der Waals surface area contributed by atoms with Crippen LogP contribution in [-0.4, -0.2) is 33.0 Å². The van der Waals surface area contributed by atoms with Gasteiger partial charge in [0.15, 0.2) is 0 Å². The van der Waals surface area contributed by atoms with Crippen molar-refractivity contribution in [3.63, 3.8) is 0 Å². The van der Waals surface area contributed by atoms with Crippen LogP contribution in [-0.2, 0) is 23.0 Å². The molecule has 154 valence electrons. The van der Waals surface area contributed by atoms with Crippen molar-refractivity contribution >= 4 is 21.6 Å². The summed E-state index contributed by atoms with van der Waals surface area (Å²) in [7, 11) is -2.21. The van der Waals surface area contributed by atoms with Gasteiger partial charge >= 0.3 is 0 Å². The summed E-state index contributed by atoms with van der Waals surface area (Å²) in [6.07, 6.45) is 3.82. The third kappa shape index (κ3) is 3.73. The molecule has 1 N–H and O–H groups in total. The largest absolute Gasteiger partial charge is 0.497 e. The minimum absolute atomic E-state index is 0.184. The Labute approximate surface area is 175 Å². The predicted octanol–water partition coefficient (Wildman–Crippen LogP) is 2.77. The van der Waals surface area contributed by atoms with Crippen LogP contribution in [0.3, 0.4) is 0 Å². The standard InChI is InChI=1S/C22H21N3O4S/c1-29-17-5-7-18(8-6-17)30(27,28)25-14-11-19-20(3-2-4-21(19)25)22(26)24-15-16-9-12-23-13-10-16/h2-10,12-13H,11,14-15H2,1H3,(H,24,26). The second kappa shape index (κ2) is 8.16. The topological polar surface area (TPSA) is 88.6 Å². The lowest BCUT2D eigenvalue weighted by molar-refractivity contribution is 0.0950. The van der Waals surface area contributed by atoms with E-state index >= 15 is 0 Å². The van der Waals surface area contributed by atoms with Crippen molar-refractivity contribution < 1.29 is 17.9 Å². The first-order valence-corrected chi connectivity index (χ1v) is 10.9. The lowest BCUT2D eigenvalue weighted by Crippen LogP contribution is -2.29. The first-order chi connectivity index (χ1) is 14.5. The molecule has 0 spiro atoms. The van der Waals surface area contributed by atoms with Gasteiger partial charge in [-0.3, -0.25) is 14.1 Å². The van der Waals surface area contributed by atoms with Gasteiger partial charge in [-0.05, 0) is 66.1 Å². The molecule has 7 nitrogen and oxygen atoms in total. The Morgan fingerprint density at radius 3 is 2.53 bits per heavy atom. The number of carbonyl (C=O) groups excluding carboxylic acids is 1. The van der Waals surface area contributed by atoms with Crippen LogP contribution in [0.15, 0.2) is 71.9 Å². The number of fused-ring (bicyclic) bond motifs is 1. The first kappa shape index (κ1) is 19.9. The number of sulfonamides is 1. The molecule has 0 bridgehead atoms. The summed E-state index contributed by atoms with van der Waals surface area (Å²) in [6.45, 7) is 0.664. The molecule has 0 saturated heterocycles. The summed E-state index contributed by atoms with van der Waals surface area (Å²) >= 11 is 0. The molecule has 1 amide bonds. The van der Waals surface area contributed by atoms with Crippen molar-refractivity contribution in [1.82, 2.24) is 10.3 Å². The van der Waals surface area contributed by atoms with Crippen molar-refractivity contribution in [2.75, 3.05) is 18.0 Å². The summed E-state index contributed by atoms with van der Waals surface area (Å²) in [4.78, 5) is 16.9. The number of carbonyl (C=O) groups is 1. The lowest BCUT2D eigenvalue weighted by atomic mass is 10.0. The predicted molar refractivity (Wildman–Crippen MR) is 113 cm³/mol. The zero-order valence-electron chi connectivity index (χ0n) is 16.4. The van der Waals surface area contributed by atoms with Crippen LogP contribution < -0.4 is 14.4 Å². The summed E-state index contributed by atoms with van der Waals surface area (Å²) in [5, 5.41) is 2.89. The number of nitrogens with one attached hydrogen (secondary N) is 1. The SMILES string of the molecule is COc1ccc(S(=O)(=O)N2CCc3c(C(=O)NCc4ccncc4)cccc32)cc1. The van der Waals surface area contributed by atoms with E-state index in [4.69, 9.17) is 4.74 Å². The number of benzene rings is 2. The van der Waals surface area contributed by atoms with Crippen molar-refractivity contribution in [2.45, 2.75) is 17.9 Å². The second-order valence-electron chi connectivity index (χ2n) is 6.84. The van der Waals surface area contributed by atoms with E-state index in [1.165, 1.54) is 23.5 Å². The van der Waals surface area contributed by atoms with Crippen molar-refractivity contribution in [3.05, 3.63) is 83.7 Å². The van der Waals surface area contributed by atoms with E-state index in [1.807, 2.05) is 12.1 Å². The van der Waals surface area contributed by atoms with Crippen LogP contribution in [0.25, 0.3) is 0 Å². The number of amides is 1. The average molecular weight is 423 g/mol. The first-order valence-electron chi connectivity index (χ1n) is 9.46. The Balaban J connectivity index is 1.58. The number of ether oxygens (including phenoxy) is 1. The van der Waals surface area contributed by atoms with Crippen molar-refractivity contribution in [3.8, 4) is 5.75 Å². The maximum atomic E-state index is 13.2. The maximum Gasteiger partial charge on any atom is 0.264 e. The van der Waals surface area contributed by atoms with Gasteiger partial charge in [0, 0.05) is 31.0 Å². The lowest BCUT2D eigenvalue weighted by Gasteiger charge is -2.20. The molecule has 0 saturated carbocycles. The van der Waals surface area contributed by atoms with E-state index < -0.39 is 10.0 Å². The van der Waals surface area contributed by atoms with Crippen LogP contribution >= 0.6 is 0 Å². The zero-order valence-corrected chi connectivity index (χ0v) is 17.2. The fourth-order valence-electron chi connectivity index (χ4n) is 3.52. The minimum Gasteiger partial charge on any atom is -0.497 e. The molecule has 0 fully saturated rings.